The second-order valence-electron chi connectivity index (χ2n) is 3.32. The molecule has 0 aliphatic rings. The maximum atomic E-state index is 10.5. The number of benzene rings is 1. The lowest BCUT2D eigenvalue weighted by molar-refractivity contribution is -0.115. The van der Waals surface area contributed by atoms with Crippen LogP contribution in [0.3, 0.4) is 0 Å². The molecule has 6 heteroatoms. The third-order valence-corrected chi connectivity index (χ3v) is 2.10. The average Bonchev–Trinajstić information content (AvgIpc) is 2.37. The van der Waals surface area contributed by atoms with Crippen LogP contribution in [0.25, 0.3) is 0 Å². The number of hydrogen-bond donors (Lipinski definition) is 0. The second kappa shape index (κ2) is 9.19. The summed E-state index contributed by atoms with van der Waals surface area (Å²) in [4.78, 5) is 21.4. The predicted molar refractivity (Wildman–Crippen MR) is 70.4 cm³/mol. The summed E-state index contributed by atoms with van der Waals surface area (Å²) in [5, 5.41) is 8.29. The van der Waals surface area contributed by atoms with E-state index in [1.165, 1.54) is 4.90 Å². The van der Waals surface area contributed by atoms with Crippen LogP contribution in [0.5, 0.6) is 5.75 Å². The first-order chi connectivity index (χ1) is 8.54. The molecule has 96 valence electrons. The topological polar surface area (TPSA) is 70.4 Å². The van der Waals surface area contributed by atoms with Crippen LogP contribution in [-0.2, 0) is 4.79 Å². The number of ether oxygens (including phenoxy) is 1. The lowest BCUT2D eigenvalue weighted by Crippen LogP contribution is -2.06. The van der Waals surface area contributed by atoms with Gasteiger partial charge in [0.25, 0.3) is 0 Å². The summed E-state index contributed by atoms with van der Waals surface area (Å²) in [6, 6.07) is 6.86. The van der Waals surface area contributed by atoms with Gasteiger partial charge in [-0.15, -0.1) is 0 Å². The molecule has 0 unspecified atom stereocenters. The molecular weight excluding hydrogens is 300 g/mol. The number of nitrogens with zero attached hydrogens (tertiary/aromatic N) is 2. The van der Waals surface area contributed by atoms with E-state index in [0.717, 1.165) is 10.9 Å². The fourth-order valence-corrected chi connectivity index (χ4v) is 1.18. The van der Waals surface area contributed by atoms with Crippen LogP contribution < -0.4 is 4.74 Å². The zero-order valence-electron chi connectivity index (χ0n) is 10.1. The molecule has 18 heavy (non-hydrogen) atoms. The molecule has 0 aliphatic heterocycles. The summed E-state index contributed by atoms with van der Waals surface area (Å²) in [5.74, 6) is 0.422. The Hall–Kier alpha value is -1.87. The van der Waals surface area contributed by atoms with E-state index in [4.69, 9.17) is 10.00 Å². The molecule has 0 fully saturated rings. The predicted octanol–water partition coefficient (Wildman–Crippen LogP) is 1.87. The summed E-state index contributed by atoms with van der Waals surface area (Å²) in [6.45, 7) is -0.0582. The highest BCUT2D eigenvalue weighted by Crippen LogP contribution is 2.22. The quantitative estimate of drug-likeness (QED) is 0.796. The maximum absolute atomic E-state index is 10.5. The van der Waals surface area contributed by atoms with Gasteiger partial charge < -0.3 is 9.64 Å². The Kier molecular flexibility index (Phi) is 8.24. The van der Waals surface area contributed by atoms with Crippen molar-refractivity contribution < 1.29 is 14.3 Å². The van der Waals surface area contributed by atoms with Crippen LogP contribution >= 0.6 is 15.9 Å². The lowest BCUT2D eigenvalue weighted by atomic mass is 10.2. The van der Waals surface area contributed by atoms with Gasteiger partial charge in [0.1, 0.15) is 11.8 Å². The Labute approximate surface area is 114 Å². The van der Waals surface area contributed by atoms with Crippen LogP contribution in [0.1, 0.15) is 10.4 Å². The van der Waals surface area contributed by atoms with Crippen LogP contribution in [-0.4, -0.2) is 38.3 Å². The second-order valence-corrected chi connectivity index (χ2v) is 4.23. The van der Waals surface area contributed by atoms with E-state index in [1.54, 1.807) is 32.3 Å². The van der Waals surface area contributed by atoms with E-state index < -0.39 is 0 Å². The molecule has 1 aromatic rings. The highest BCUT2D eigenvalue weighted by atomic mass is 79.9. The zero-order valence-corrected chi connectivity index (χ0v) is 11.7. The van der Waals surface area contributed by atoms with E-state index in [9.17, 15) is 9.59 Å². The first-order valence-corrected chi connectivity index (χ1v) is 5.70. The molecule has 0 radical (unpaired) electrons. The molecule has 0 saturated carbocycles. The van der Waals surface area contributed by atoms with Crippen molar-refractivity contribution >= 4 is 28.6 Å². The van der Waals surface area contributed by atoms with Gasteiger partial charge in [-0.05, 0) is 18.2 Å². The summed E-state index contributed by atoms with van der Waals surface area (Å²) in [7, 11) is 3.38. The average molecular weight is 313 g/mol. The molecular formula is C12H13BrN2O3. The Balaban J connectivity index is 0.000000494. The molecule has 0 bridgehead atoms. The van der Waals surface area contributed by atoms with Gasteiger partial charge in [-0.2, -0.15) is 5.26 Å². The van der Waals surface area contributed by atoms with Crippen molar-refractivity contribution in [1.82, 2.24) is 4.90 Å². The van der Waals surface area contributed by atoms with E-state index in [0.29, 0.717) is 17.6 Å². The fourth-order valence-electron chi connectivity index (χ4n) is 0.841. The van der Waals surface area contributed by atoms with Crippen molar-refractivity contribution in [2.75, 3.05) is 20.7 Å². The molecule has 0 spiro atoms. The lowest BCUT2D eigenvalue weighted by Gasteiger charge is -2.04. The molecule has 0 aromatic heterocycles. The van der Waals surface area contributed by atoms with Gasteiger partial charge in [0.2, 0.25) is 6.41 Å². The number of hydrogen-bond acceptors (Lipinski definition) is 4. The van der Waals surface area contributed by atoms with Gasteiger partial charge in [-0.1, -0.05) is 15.9 Å². The summed E-state index contributed by atoms with van der Waals surface area (Å²) < 4.78 is 5.85. The van der Waals surface area contributed by atoms with Crippen molar-refractivity contribution in [3.05, 3.63) is 28.2 Å². The number of rotatable bonds is 4. The van der Waals surface area contributed by atoms with E-state index in [1.807, 2.05) is 6.07 Å². The van der Waals surface area contributed by atoms with E-state index in [2.05, 4.69) is 15.9 Å². The van der Waals surface area contributed by atoms with Crippen LogP contribution in [0.4, 0.5) is 0 Å². The van der Waals surface area contributed by atoms with Gasteiger partial charge >= 0.3 is 0 Å². The number of amides is 1. The first kappa shape index (κ1) is 16.1. The monoisotopic (exact) mass is 312 g/mol. The minimum absolute atomic E-state index is 0.0582. The number of carbonyl (C=O) groups excluding carboxylic acids is 2. The number of halogens is 1. The van der Waals surface area contributed by atoms with Crippen molar-refractivity contribution in [3.63, 3.8) is 0 Å². The van der Waals surface area contributed by atoms with Crippen molar-refractivity contribution in [2.45, 2.75) is 0 Å². The Morgan fingerprint density at radius 3 is 2.50 bits per heavy atom. The first-order valence-electron chi connectivity index (χ1n) is 4.91. The summed E-state index contributed by atoms with van der Waals surface area (Å²) >= 11 is 3.24. The minimum atomic E-state index is -0.0582. The molecule has 1 aromatic carbocycles. The number of nitriles is 1. The molecule has 1 rings (SSSR count). The molecule has 0 N–H and O–H groups in total. The molecule has 1 amide bonds. The van der Waals surface area contributed by atoms with Gasteiger partial charge in [-0.3, -0.25) is 9.59 Å². The number of aldehydes is 1. The Morgan fingerprint density at radius 1 is 1.44 bits per heavy atom. The largest absolute Gasteiger partial charge is 0.478 e. The number of carbonyl (C=O) groups is 2. The van der Waals surface area contributed by atoms with E-state index in [-0.39, 0.29) is 6.61 Å². The highest BCUT2D eigenvalue weighted by Gasteiger charge is 2.02. The molecule has 0 heterocycles. The Morgan fingerprint density at radius 2 is 2.06 bits per heavy atom. The highest BCUT2D eigenvalue weighted by molar-refractivity contribution is 9.10. The standard InChI is InChI=1S/C9H6BrNO2.C3H7NO/c10-8-2-1-7(6-12)9(5-8)13-4-3-11;1-4(2)3-5/h1-2,5-6H,4H2;3H,1-2H3. The molecule has 5 nitrogen and oxygen atoms in total. The van der Waals surface area contributed by atoms with Crippen LogP contribution in [0, 0.1) is 11.3 Å². The zero-order chi connectivity index (χ0) is 14.0. The van der Waals surface area contributed by atoms with Gasteiger partial charge in [0.15, 0.2) is 12.9 Å². The van der Waals surface area contributed by atoms with Crippen molar-refractivity contribution in [1.29, 1.82) is 5.26 Å². The van der Waals surface area contributed by atoms with Crippen molar-refractivity contribution in [3.8, 4) is 11.8 Å². The summed E-state index contributed by atoms with van der Waals surface area (Å²) in [6.07, 6.45) is 1.44. The summed E-state index contributed by atoms with van der Waals surface area (Å²) in [5.41, 5.74) is 0.443. The molecule has 0 atom stereocenters. The van der Waals surface area contributed by atoms with Crippen LogP contribution in [0.2, 0.25) is 0 Å². The van der Waals surface area contributed by atoms with Crippen molar-refractivity contribution in [2.24, 2.45) is 0 Å². The normalized spacial score (nSPS) is 8.33. The SMILES string of the molecule is CN(C)C=O.N#CCOc1cc(Br)ccc1C=O. The molecule has 0 saturated heterocycles. The van der Waals surface area contributed by atoms with Gasteiger partial charge in [-0.25, -0.2) is 0 Å². The fraction of sp³-hybridized carbons (Fsp3) is 0.250. The van der Waals surface area contributed by atoms with Crippen LogP contribution in [0.15, 0.2) is 22.7 Å². The molecule has 0 aliphatic carbocycles. The third kappa shape index (κ3) is 6.66. The van der Waals surface area contributed by atoms with Gasteiger partial charge in [0.05, 0.1) is 5.56 Å². The van der Waals surface area contributed by atoms with E-state index >= 15 is 0 Å². The Bertz CT molecular complexity index is 441. The van der Waals surface area contributed by atoms with Gasteiger partial charge in [0, 0.05) is 18.6 Å². The minimum Gasteiger partial charge on any atom is -0.478 e. The smallest absolute Gasteiger partial charge is 0.209 e. The third-order valence-electron chi connectivity index (χ3n) is 1.61. The maximum Gasteiger partial charge on any atom is 0.209 e.